The summed E-state index contributed by atoms with van der Waals surface area (Å²) in [6.07, 6.45) is 8.41. The molecule has 0 aliphatic heterocycles. The lowest BCUT2D eigenvalue weighted by atomic mass is 10.1. The van der Waals surface area contributed by atoms with Crippen molar-refractivity contribution in [2.45, 2.75) is 39.0 Å². The van der Waals surface area contributed by atoms with Crippen LogP contribution in [0, 0.1) is 0 Å². The Morgan fingerprint density at radius 1 is 1.19 bits per heavy atom. The molecule has 2 aromatic rings. The first kappa shape index (κ1) is 19.8. The number of hydrogen-bond acceptors (Lipinski definition) is 4. The highest BCUT2D eigenvalue weighted by Gasteiger charge is 2.26. The van der Waals surface area contributed by atoms with Crippen molar-refractivity contribution in [2.24, 2.45) is 0 Å². The number of rotatable bonds is 5. The molecule has 0 spiro atoms. The lowest BCUT2D eigenvalue weighted by molar-refractivity contribution is -0.111. The summed E-state index contributed by atoms with van der Waals surface area (Å²) in [5.41, 5.74) is 2.54. The lowest BCUT2D eigenvalue weighted by Gasteiger charge is -2.07. The van der Waals surface area contributed by atoms with Gasteiger partial charge in [-0.05, 0) is 61.9 Å². The van der Waals surface area contributed by atoms with Gasteiger partial charge in [-0.15, -0.1) is 11.3 Å². The average Bonchev–Trinajstić information content (AvgIpc) is 2.82. The minimum Gasteiger partial charge on any atom is -0.462 e. The third-order valence-corrected chi connectivity index (χ3v) is 6.17. The number of hydrogen-bond donors (Lipinski definition) is 1. The molecule has 1 aliphatic carbocycles. The summed E-state index contributed by atoms with van der Waals surface area (Å²) in [4.78, 5) is 26.1. The van der Waals surface area contributed by atoms with E-state index in [-0.39, 0.29) is 11.9 Å². The zero-order chi connectivity index (χ0) is 19.2. The number of benzene rings is 1. The van der Waals surface area contributed by atoms with Gasteiger partial charge in [-0.25, -0.2) is 4.79 Å². The summed E-state index contributed by atoms with van der Waals surface area (Å²) in [6.45, 7) is 2.11. The number of anilines is 1. The predicted octanol–water partition coefficient (Wildman–Crippen LogP) is 5.61. The van der Waals surface area contributed by atoms with E-state index < -0.39 is 0 Å². The normalized spacial score (nSPS) is 13.9. The van der Waals surface area contributed by atoms with Crippen LogP contribution >= 0.6 is 27.3 Å². The number of thiophene rings is 1. The molecule has 0 atom stereocenters. The zero-order valence-electron chi connectivity index (χ0n) is 15.2. The van der Waals surface area contributed by atoms with Crippen LogP contribution in [-0.2, 0) is 22.4 Å². The molecule has 0 radical (unpaired) electrons. The molecule has 1 aromatic carbocycles. The van der Waals surface area contributed by atoms with Gasteiger partial charge in [0.15, 0.2) is 0 Å². The number of nitrogens with one attached hydrogen (secondary N) is 1. The highest BCUT2D eigenvalue weighted by atomic mass is 79.9. The maximum absolute atomic E-state index is 12.5. The fourth-order valence-corrected chi connectivity index (χ4v) is 4.69. The Morgan fingerprint density at radius 3 is 2.67 bits per heavy atom. The molecule has 0 saturated carbocycles. The molecule has 0 fully saturated rings. The number of amides is 1. The minimum absolute atomic E-state index is 0.250. The van der Waals surface area contributed by atoms with Gasteiger partial charge in [-0.3, -0.25) is 4.79 Å². The molecule has 1 N–H and O–H groups in total. The second-order valence-electron chi connectivity index (χ2n) is 6.36. The molecule has 0 bridgehead atoms. The van der Waals surface area contributed by atoms with E-state index >= 15 is 0 Å². The third-order valence-electron chi connectivity index (χ3n) is 4.43. The summed E-state index contributed by atoms with van der Waals surface area (Å²) < 4.78 is 6.24. The minimum atomic E-state index is -0.343. The molecule has 4 nitrogen and oxygen atoms in total. The zero-order valence-corrected chi connectivity index (χ0v) is 17.6. The Kier molecular flexibility index (Phi) is 6.85. The van der Waals surface area contributed by atoms with Crippen LogP contribution in [0.4, 0.5) is 5.00 Å². The van der Waals surface area contributed by atoms with Crippen LogP contribution in [0.25, 0.3) is 6.08 Å². The van der Waals surface area contributed by atoms with E-state index in [0.717, 1.165) is 41.3 Å². The van der Waals surface area contributed by atoms with Gasteiger partial charge in [0.05, 0.1) is 12.2 Å². The molecular formula is C21H22BrNO3S. The Balaban J connectivity index is 1.81. The van der Waals surface area contributed by atoms with Gasteiger partial charge >= 0.3 is 5.97 Å². The monoisotopic (exact) mass is 447 g/mol. The number of carbonyl (C=O) groups excluding carboxylic acids is 2. The van der Waals surface area contributed by atoms with Crippen LogP contribution in [0.3, 0.4) is 0 Å². The molecule has 0 saturated heterocycles. The molecule has 1 heterocycles. The Labute approximate surface area is 171 Å². The van der Waals surface area contributed by atoms with Crippen LogP contribution in [0.5, 0.6) is 0 Å². The Bertz CT molecular complexity index is 855. The Hall–Kier alpha value is -1.92. The first-order valence-corrected chi connectivity index (χ1v) is 10.8. The SMILES string of the molecule is CCOC(=O)c1c(NC(=O)C=Cc2ccc(Br)cc2)sc2c1CCCCC2. The maximum atomic E-state index is 12.5. The molecule has 1 aromatic heterocycles. The number of halogens is 1. The van der Waals surface area contributed by atoms with E-state index in [9.17, 15) is 9.59 Å². The molecular weight excluding hydrogens is 426 g/mol. The van der Waals surface area contributed by atoms with E-state index in [1.165, 1.54) is 28.7 Å². The molecule has 0 unspecified atom stereocenters. The number of aryl methyl sites for hydroxylation is 1. The summed E-state index contributed by atoms with van der Waals surface area (Å²) >= 11 is 4.90. The van der Waals surface area contributed by atoms with Crippen LogP contribution in [-0.4, -0.2) is 18.5 Å². The second-order valence-corrected chi connectivity index (χ2v) is 8.38. The van der Waals surface area contributed by atoms with Crippen LogP contribution in [0.15, 0.2) is 34.8 Å². The van der Waals surface area contributed by atoms with E-state index in [4.69, 9.17) is 4.74 Å². The number of esters is 1. The van der Waals surface area contributed by atoms with Crippen molar-refractivity contribution in [3.8, 4) is 0 Å². The second kappa shape index (κ2) is 9.33. The largest absolute Gasteiger partial charge is 0.462 e. The topological polar surface area (TPSA) is 55.4 Å². The van der Waals surface area contributed by atoms with Gasteiger partial charge in [0.25, 0.3) is 0 Å². The van der Waals surface area contributed by atoms with Crippen LogP contribution < -0.4 is 5.32 Å². The molecule has 6 heteroatoms. The van der Waals surface area contributed by atoms with Crippen molar-refractivity contribution in [1.82, 2.24) is 0 Å². The van der Waals surface area contributed by atoms with Crippen molar-refractivity contribution < 1.29 is 14.3 Å². The first-order valence-electron chi connectivity index (χ1n) is 9.14. The lowest BCUT2D eigenvalue weighted by Crippen LogP contribution is -2.13. The van der Waals surface area contributed by atoms with Crippen molar-refractivity contribution in [3.05, 3.63) is 56.4 Å². The van der Waals surface area contributed by atoms with Gasteiger partial charge in [-0.2, -0.15) is 0 Å². The van der Waals surface area contributed by atoms with Gasteiger partial charge in [-0.1, -0.05) is 34.5 Å². The van der Waals surface area contributed by atoms with Crippen molar-refractivity contribution in [2.75, 3.05) is 11.9 Å². The molecule has 3 rings (SSSR count). The fraction of sp³-hybridized carbons (Fsp3) is 0.333. The van der Waals surface area contributed by atoms with E-state index in [1.54, 1.807) is 13.0 Å². The number of fused-ring (bicyclic) bond motifs is 1. The van der Waals surface area contributed by atoms with Crippen molar-refractivity contribution in [3.63, 3.8) is 0 Å². The molecule has 1 amide bonds. The Morgan fingerprint density at radius 2 is 1.93 bits per heavy atom. The smallest absolute Gasteiger partial charge is 0.341 e. The predicted molar refractivity (Wildman–Crippen MR) is 113 cm³/mol. The summed E-state index contributed by atoms with van der Waals surface area (Å²) in [6, 6.07) is 7.69. The number of carbonyl (C=O) groups is 2. The first-order chi connectivity index (χ1) is 13.1. The van der Waals surface area contributed by atoms with Gasteiger partial charge < -0.3 is 10.1 Å². The van der Waals surface area contributed by atoms with Crippen LogP contribution in [0.1, 0.15) is 52.5 Å². The van der Waals surface area contributed by atoms with E-state index in [2.05, 4.69) is 21.2 Å². The van der Waals surface area contributed by atoms with Gasteiger partial charge in [0.2, 0.25) is 5.91 Å². The third kappa shape index (κ3) is 5.08. The number of ether oxygens (including phenoxy) is 1. The average molecular weight is 448 g/mol. The fourth-order valence-electron chi connectivity index (χ4n) is 3.15. The van der Waals surface area contributed by atoms with Gasteiger partial charge in [0.1, 0.15) is 5.00 Å². The van der Waals surface area contributed by atoms with Crippen molar-refractivity contribution in [1.29, 1.82) is 0 Å². The molecule has 142 valence electrons. The van der Waals surface area contributed by atoms with Crippen LogP contribution in [0.2, 0.25) is 0 Å². The van der Waals surface area contributed by atoms with Gasteiger partial charge in [0, 0.05) is 15.4 Å². The molecule has 1 aliphatic rings. The molecule has 27 heavy (non-hydrogen) atoms. The highest BCUT2D eigenvalue weighted by Crippen LogP contribution is 2.38. The quantitative estimate of drug-likeness (QED) is 0.368. The van der Waals surface area contributed by atoms with E-state index in [1.807, 2.05) is 24.3 Å². The standard InChI is InChI=1S/C21H22BrNO3S/c1-2-26-21(25)19-16-6-4-3-5-7-17(16)27-20(19)23-18(24)13-10-14-8-11-15(22)12-9-14/h8-13H,2-7H2,1H3,(H,23,24). The summed E-state index contributed by atoms with van der Waals surface area (Å²) in [7, 11) is 0. The summed E-state index contributed by atoms with van der Waals surface area (Å²) in [5.74, 6) is -0.594. The van der Waals surface area contributed by atoms with E-state index in [0.29, 0.717) is 17.2 Å². The summed E-state index contributed by atoms with van der Waals surface area (Å²) in [5, 5.41) is 3.49. The highest BCUT2D eigenvalue weighted by molar-refractivity contribution is 9.10. The maximum Gasteiger partial charge on any atom is 0.341 e. The van der Waals surface area contributed by atoms with Crippen molar-refractivity contribution >= 4 is 50.2 Å².